The molecule has 2 rings (SSSR count). The predicted octanol–water partition coefficient (Wildman–Crippen LogP) is 1.04. The second kappa shape index (κ2) is 6.03. The molecule has 1 saturated heterocycles. The van der Waals surface area contributed by atoms with Crippen LogP contribution >= 0.6 is 0 Å². The van der Waals surface area contributed by atoms with Gasteiger partial charge in [-0.2, -0.15) is 0 Å². The molecule has 4 nitrogen and oxygen atoms in total. The van der Waals surface area contributed by atoms with E-state index in [1.54, 1.807) is 12.1 Å². The molecular formula is C14H22N2O2S. The minimum Gasteiger partial charge on any atom is -0.316 e. The molecular weight excluding hydrogens is 260 g/mol. The van der Waals surface area contributed by atoms with E-state index in [2.05, 4.69) is 17.6 Å². The normalized spacial score (nSPS) is 23.7. The minimum absolute atomic E-state index is 0.380. The topological polar surface area (TPSA) is 58.2 Å². The van der Waals surface area contributed by atoms with Gasteiger partial charge in [-0.3, -0.25) is 0 Å². The fourth-order valence-electron chi connectivity index (χ4n) is 2.39. The smallest absolute Gasteiger partial charge is 0.175 e. The number of hydrogen-bond donors (Lipinski definition) is 2. The van der Waals surface area contributed by atoms with Crippen LogP contribution in [-0.4, -0.2) is 34.3 Å². The molecule has 2 N–H and O–H groups in total. The maximum Gasteiger partial charge on any atom is 0.175 e. The highest BCUT2D eigenvalue weighted by Crippen LogP contribution is 2.15. The molecule has 0 aliphatic carbocycles. The Balaban J connectivity index is 1.83. The van der Waals surface area contributed by atoms with E-state index in [-0.39, 0.29) is 0 Å². The van der Waals surface area contributed by atoms with E-state index < -0.39 is 9.84 Å². The van der Waals surface area contributed by atoms with Crippen LogP contribution in [0.1, 0.15) is 12.5 Å². The summed E-state index contributed by atoms with van der Waals surface area (Å²) in [6, 6.07) is 7.09. The van der Waals surface area contributed by atoms with E-state index in [0.29, 0.717) is 10.8 Å². The number of hydrogen-bond acceptors (Lipinski definition) is 4. The lowest BCUT2D eigenvalue weighted by molar-refractivity contribution is 0.420. The zero-order valence-corrected chi connectivity index (χ0v) is 12.3. The van der Waals surface area contributed by atoms with Crippen molar-refractivity contribution in [2.45, 2.75) is 18.4 Å². The summed E-state index contributed by atoms with van der Waals surface area (Å²) in [6.45, 7) is 6.25. The third kappa shape index (κ3) is 4.03. The maximum atomic E-state index is 11.3. The molecule has 2 atom stereocenters. The zero-order valence-electron chi connectivity index (χ0n) is 11.5. The van der Waals surface area contributed by atoms with Crippen LogP contribution in [0.5, 0.6) is 0 Å². The first kappa shape index (κ1) is 14.5. The fraction of sp³-hybridized carbons (Fsp3) is 0.571. The zero-order chi connectivity index (χ0) is 13.9. The van der Waals surface area contributed by atoms with Gasteiger partial charge in [-0.15, -0.1) is 0 Å². The van der Waals surface area contributed by atoms with Crippen LogP contribution in [0.4, 0.5) is 0 Å². The van der Waals surface area contributed by atoms with Gasteiger partial charge in [0.1, 0.15) is 0 Å². The molecule has 0 amide bonds. The largest absolute Gasteiger partial charge is 0.316 e. The third-order valence-corrected chi connectivity index (χ3v) is 4.89. The molecule has 0 aromatic heterocycles. The minimum atomic E-state index is -3.09. The summed E-state index contributed by atoms with van der Waals surface area (Å²) in [6.07, 6.45) is 1.23. The predicted molar refractivity (Wildman–Crippen MR) is 76.8 cm³/mol. The van der Waals surface area contributed by atoms with E-state index in [1.807, 2.05) is 12.1 Å². The number of sulfone groups is 1. The molecule has 1 aromatic rings. The Kier molecular flexibility index (Phi) is 4.60. The van der Waals surface area contributed by atoms with Crippen LogP contribution in [0.25, 0.3) is 0 Å². The molecule has 1 aliphatic heterocycles. The van der Waals surface area contributed by atoms with Crippen LogP contribution in [-0.2, 0) is 16.4 Å². The Hall–Kier alpha value is -0.910. The number of benzene rings is 1. The summed E-state index contributed by atoms with van der Waals surface area (Å²) in [5.41, 5.74) is 1.12. The van der Waals surface area contributed by atoms with Crippen LogP contribution < -0.4 is 10.6 Å². The van der Waals surface area contributed by atoms with Crippen molar-refractivity contribution in [2.75, 3.05) is 25.9 Å². The summed E-state index contributed by atoms with van der Waals surface area (Å²) >= 11 is 0. The third-order valence-electron chi connectivity index (χ3n) is 3.76. The Bertz CT molecular complexity index is 511. The second-order valence-electron chi connectivity index (χ2n) is 5.44. The first-order chi connectivity index (χ1) is 8.97. The Labute approximate surface area is 115 Å². The van der Waals surface area contributed by atoms with Crippen molar-refractivity contribution in [3.05, 3.63) is 29.8 Å². The van der Waals surface area contributed by atoms with Gasteiger partial charge in [0.05, 0.1) is 4.90 Å². The fourth-order valence-corrected chi connectivity index (χ4v) is 3.02. The molecule has 0 radical (unpaired) electrons. The number of rotatable bonds is 5. The average Bonchev–Trinajstić information content (AvgIpc) is 2.75. The van der Waals surface area contributed by atoms with Crippen molar-refractivity contribution in [2.24, 2.45) is 11.8 Å². The highest BCUT2D eigenvalue weighted by atomic mass is 32.2. The van der Waals surface area contributed by atoms with Crippen molar-refractivity contribution in [3.63, 3.8) is 0 Å². The van der Waals surface area contributed by atoms with E-state index in [9.17, 15) is 8.42 Å². The Morgan fingerprint density at radius 2 is 1.95 bits per heavy atom. The van der Waals surface area contributed by atoms with Crippen molar-refractivity contribution >= 4 is 9.84 Å². The molecule has 1 heterocycles. The van der Waals surface area contributed by atoms with Crippen LogP contribution in [0.15, 0.2) is 29.2 Å². The van der Waals surface area contributed by atoms with E-state index in [1.165, 1.54) is 6.26 Å². The van der Waals surface area contributed by atoms with E-state index in [4.69, 9.17) is 0 Å². The molecule has 0 spiro atoms. The van der Waals surface area contributed by atoms with Crippen LogP contribution in [0.3, 0.4) is 0 Å². The molecule has 1 aliphatic rings. The van der Waals surface area contributed by atoms with Crippen LogP contribution in [0.2, 0.25) is 0 Å². The van der Waals surface area contributed by atoms with Gasteiger partial charge in [0, 0.05) is 12.8 Å². The molecule has 0 saturated carbocycles. The van der Waals surface area contributed by atoms with Gasteiger partial charge in [-0.1, -0.05) is 19.1 Å². The molecule has 106 valence electrons. The first-order valence-electron chi connectivity index (χ1n) is 6.67. The van der Waals surface area contributed by atoms with E-state index >= 15 is 0 Å². The lowest BCUT2D eigenvalue weighted by atomic mass is 9.98. The first-order valence-corrected chi connectivity index (χ1v) is 8.56. The molecule has 1 fully saturated rings. The van der Waals surface area contributed by atoms with Crippen molar-refractivity contribution in [3.8, 4) is 0 Å². The van der Waals surface area contributed by atoms with Crippen LogP contribution in [0, 0.1) is 11.8 Å². The lowest BCUT2D eigenvalue weighted by Gasteiger charge is -2.15. The van der Waals surface area contributed by atoms with Crippen molar-refractivity contribution in [1.29, 1.82) is 0 Å². The van der Waals surface area contributed by atoms with E-state index in [0.717, 1.165) is 37.7 Å². The molecule has 0 bridgehead atoms. The monoisotopic (exact) mass is 282 g/mol. The Morgan fingerprint density at radius 3 is 2.47 bits per heavy atom. The highest BCUT2D eigenvalue weighted by molar-refractivity contribution is 7.90. The second-order valence-corrected chi connectivity index (χ2v) is 7.46. The quantitative estimate of drug-likeness (QED) is 0.847. The highest BCUT2D eigenvalue weighted by Gasteiger charge is 2.22. The standard InChI is InChI=1S/C14H22N2O2S/c1-11-7-15-9-13(11)10-16-8-12-3-5-14(6-4-12)19(2,17)18/h3-6,11,13,15-16H,7-10H2,1-2H3. The summed E-state index contributed by atoms with van der Waals surface area (Å²) < 4.78 is 22.7. The van der Waals surface area contributed by atoms with Crippen molar-refractivity contribution in [1.82, 2.24) is 10.6 Å². The van der Waals surface area contributed by atoms with Gasteiger partial charge in [-0.05, 0) is 49.2 Å². The molecule has 19 heavy (non-hydrogen) atoms. The maximum absolute atomic E-state index is 11.3. The molecule has 1 aromatic carbocycles. The van der Waals surface area contributed by atoms with Gasteiger partial charge >= 0.3 is 0 Å². The lowest BCUT2D eigenvalue weighted by Crippen LogP contribution is -2.26. The molecule has 5 heteroatoms. The van der Waals surface area contributed by atoms with Gasteiger partial charge < -0.3 is 10.6 Å². The van der Waals surface area contributed by atoms with Gasteiger partial charge in [-0.25, -0.2) is 8.42 Å². The van der Waals surface area contributed by atoms with Gasteiger partial charge in [0.2, 0.25) is 0 Å². The summed E-state index contributed by atoms with van der Waals surface area (Å²) in [4.78, 5) is 0.380. The van der Waals surface area contributed by atoms with Gasteiger partial charge in [0.25, 0.3) is 0 Å². The average molecular weight is 282 g/mol. The summed E-state index contributed by atoms with van der Waals surface area (Å²) in [7, 11) is -3.09. The SMILES string of the molecule is CC1CNCC1CNCc1ccc(S(C)(=O)=O)cc1. The number of nitrogens with one attached hydrogen (secondary N) is 2. The summed E-state index contributed by atoms with van der Waals surface area (Å²) in [5, 5.41) is 6.83. The van der Waals surface area contributed by atoms with Crippen molar-refractivity contribution < 1.29 is 8.42 Å². The Morgan fingerprint density at radius 1 is 1.26 bits per heavy atom. The molecule has 2 unspecified atom stereocenters. The summed E-state index contributed by atoms with van der Waals surface area (Å²) in [5.74, 6) is 1.41. The van der Waals surface area contributed by atoms with Gasteiger partial charge in [0.15, 0.2) is 9.84 Å².